The summed E-state index contributed by atoms with van der Waals surface area (Å²) in [7, 11) is -2.14. The summed E-state index contributed by atoms with van der Waals surface area (Å²) in [5.41, 5.74) is 1.33. The lowest BCUT2D eigenvalue weighted by atomic mass is 10.1. The van der Waals surface area contributed by atoms with Crippen LogP contribution >= 0.6 is 11.3 Å². The summed E-state index contributed by atoms with van der Waals surface area (Å²) >= 11 is 1.23. The molecule has 13 heteroatoms. The maximum absolute atomic E-state index is 13.7. The standard InChI is InChI=1S/C28H27N5O6S2/c1-19-5-3-4-16-31(19)41(37,38)24-13-8-21(9-14-24)27(34)32(29-18-20-6-10-22(11-7-20)33(35)36)28-30-25-15-12-23(39-2)17-26(25)40-28/h6-15,17-19H,3-5,16H2,1-2H3/b29-18+. The Morgan fingerprint density at radius 2 is 1.88 bits per heavy atom. The van der Waals surface area contributed by atoms with Crippen LogP contribution in [-0.2, 0) is 10.0 Å². The van der Waals surface area contributed by atoms with Gasteiger partial charge >= 0.3 is 0 Å². The van der Waals surface area contributed by atoms with Gasteiger partial charge in [-0.25, -0.2) is 13.4 Å². The summed E-state index contributed by atoms with van der Waals surface area (Å²) in [6, 6.07) is 16.8. The first-order valence-electron chi connectivity index (χ1n) is 12.9. The van der Waals surface area contributed by atoms with Gasteiger partial charge in [0.25, 0.3) is 11.6 Å². The van der Waals surface area contributed by atoms with Gasteiger partial charge in [-0.15, -0.1) is 0 Å². The van der Waals surface area contributed by atoms with Crippen molar-refractivity contribution in [3.8, 4) is 5.75 Å². The third kappa shape index (κ3) is 5.97. The molecule has 0 saturated carbocycles. The van der Waals surface area contributed by atoms with E-state index in [9.17, 15) is 23.3 Å². The second-order valence-electron chi connectivity index (χ2n) is 9.53. The molecule has 11 nitrogen and oxygen atoms in total. The van der Waals surface area contributed by atoms with E-state index in [1.54, 1.807) is 25.3 Å². The summed E-state index contributed by atoms with van der Waals surface area (Å²) in [4.78, 5) is 28.9. The van der Waals surface area contributed by atoms with Crippen LogP contribution in [0.15, 0.2) is 76.7 Å². The third-order valence-corrected chi connectivity index (χ3v) is 9.86. The van der Waals surface area contributed by atoms with Gasteiger partial charge in [-0.3, -0.25) is 14.9 Å². The van der Waals surface area contributed by atoms with Crippen molar-refractivity contribution in [2.24, 2.45) is 5.10 Å². The molecule has 1 aliphatic heterocycles. The molecular formula is C28H27N5O6S2. The van der Waals surface area contributed by atoms with Crippen LogP contribution in [0.2, 0.25) is 0 Å². The Kier molecular flexibility index (Phi) is 8.10. The number of fused-ring (bicyclic) bond motifs is 1. The predicted octanol–water partition coefficient (Wildman–Crippen LogP) is 5.46. The molecule has 4 aromatic rings. The van der Waals surface area contributed by atoms with Gasteiger partial charge in [0.2, 0.25) is 15.2 Å². The first-order chi connectivity index (χ1) is 19.7. The van der Waals surface area contributed by atoms with E-state index in [1.165, 1.54) is 70.4 Å². The fourth-order valence-electron chi connectivity index (χ4n) is 4.56. The molecule has 1 amide bonds. The second-order valence-corrected chi connectivity index (χ2v) is 12.4. The van der Waals surface area contributed by atoms with Crippen molar-refractivity contribution in [1.29, 1.82) is 0 Å². The Balaban J connectivity index is 1.48. The van der Waals surface area contributed by atoms with Crippen LogP contribution in [0.5, 0.6) is 5.75 Å². The highest BCUT2D eigenvalue weighted by molar-refractivity contribution is 7.89. The highest BCUT2D eigenvalue weighted by atomic mass is 32.2. The van der Waals surface area contributed by atoms with E-state index < -0.39 is 20.9 Å². The maximum Gasteiger partial charge on any atom is 0.280 e. The molecule has 1 fully saturated rings. The van der Waals surface area contributed by atoms with Crippen molar-refractivity contribution >= 4 is 54.5 Å². The normalized spacial score (nSPS) is 16.2. The van der Waals surface area contributed by atoms with Crippen LogP contribution < -0.4 is 9.75 Å². The number of carbonyl (C=O) groups is 1. The average Bonchev–Trinajstić information content (AvgIpc) is 3.40. The summed E-state index contributed by atoms with van der Waals surface area (Å²) in [5, 5.41) is 16.8. The number of benzene rings is 3. The molecule has 2 heterocycles. The van der Waals surface area contributed by atoms with Crippen LogP contribution in [-0.4, -0.2) is 54.4 Å². The quantitative estimate of drug-likeness (QED) is 0.150. The summed E-state index contributed by atoms with van der Waals surface area (Å²) in [5.74, 6) is 0.115. The van der Waals surface area contributed by atoms with Crippen LogP contribution in [0.4, 0.5) is 10.8 Å². The van der Waals surface area contributed by atoms with Gasteiger partial charge in [-0.05, 0) is 79.9 Å². The second kappa shape index (κ2) is 11.7. The van der Waals surface area contributed by atoms with E-state index in [1.807, 2.05) is 6.92 Å². The van der Waals surface area contributed by atoms with Crippen molar-refractivity contribution in [2.75, 3.05) is 18.7 Å². The number of nitro benzene ring substituents is 1. The number of hydrazone groups is 1. The lowest BCUT2D eigenvalue weighted by Gasteiger charge is -2.32. The minimum atomic E-state index is -3.70. The Bertz CT molecular complexity index is 1720. The number of methoxy groups -OCH3 is 1. The summed E-state index contributed by atoms with van der Waals surface area (Å²) < 4.78 is 34.1. The number of aromatic nitrogens is 1. The van der Waals surface area contributed by atoms with E-state index in [-0.39, 0.29) is 27.3 Å². The van der Waals surface area contributed by atoms with E-state index >= 15 is 0 Å². The number of hydrogen-bond acceptors (Lipinski definition) is 9. The lowest BCUT2D eigenvalue weighted by Crippen LogP contribution is -2.41. The number of amides is 1. The van der Waals surface area contributed by atoms with Crippen molar-refractivity contribution in [3.05, 3.63) is 88.0 Å². The van der Waals surface area contributed by atoms with Crippen LogP contribution in [0.25, 0.3) is 10.2 Å². The van der Waals surface area contributed by atoms with Crippen LogP contribution in [0.1, 0.15) is 42.1 Å². The van der Waals surface area contributed by atoms with E-state index in [2.05, 4.69) is 10.1 Å². The number of rotatable bonds is 8. The molecule has 0 bridgehead atoms. The van der Waals surface area contributed by atoms with Gasteiger partial charge in [-0.2, -0.15) is 14.4 Å². The monoisotopic (exact) mass is 593 g/mol. The highest BCUT2D eigenvalue weighted by Gasteiger charge is 2.31. The van der Waals surface area contributed by atoms with Crippen molar-refractivity contribution in [2.45, 2.75) is 37.1 Å². The zero-order valence-corrected chi connectivity index (χ0v) is 24.0. The Morgan fingerprint density at radius 1 is 1.15 bits per heavy atom. The summed E-state index contributed by atoms with van der Waals surface area (Å²) in [6.07, 6.45) is 4.03. The first-order valence-corrected chi connectivity index (χ1v) is 15.1. The van der Waals surface area contributed by atoms with Crippen LogP contribution in [0, 0.1) is 10.1 Å². The Labute approximate surface area is 240 Å². The molecule has 0 spiro atoms. The zero-order valence-electron chi connectivity index (χ0n) is 22.3. The number of thiazole rings is 1. The molecule has 1 aromatic heterocycles. The number of nitro groups is 1. The number of non-ortho nitro benzene ring substituents is 1. The van der Waals surface area contributed by atoms with Crippen molar-refractivity contribution < 1.29 is 22.9 Å². The van der Waals surface area contributed by atoms with Gasteiger partial charge in [0.05, 0.1) is 33.4 Å². The molecule has 212 valence electrons. The molecule has 5 rings (SSSR count). The van der Waals surface area contributed by atoms with Crippen molar-refractivity contribution in [3.63, 3.8) is 0 Å². The fourth-order valence-corrected chi connectivity index (χ4v) is 7.21. The Hall–Kier alpha value is -4.20. The van der Waals surface area contributed by atoms with Gasteiger partial charge in [0.1, 0.15) is 5.75 Å². The van der Waals surface area contributed by atoms with Gasteiger partial charge in [-0.1, -0.05) is 17.8 Å². The molecule has 1 aliphatic rings. The molecule has 41 heavy (non-hydrogen) atoms. The van der Waals surface area contributed by atoms with Crippen molar-refractivity contribution in [1.82, 2.24) is 9.29 Å². The molecule has 0 N–H and O–H groups in total. The number of anilines is 1. The number of hydrogen-bond donors (Lipinski definition) is 0. The van der Waals surface area contributed by atoms with E-state index in [0.717, 1.165) is 29.0 Å². The number of nitrogens with zero attached hydrogens (tertiary/aromatic N) is 5. The van der Waals surface area contributed by atoms with E-state index in [4.69, 9.17) is 4.74 Å². The zero-order chi connectivity index (χ0) is 29.1. The molecule has 3 aromatic carbocycles. The molecule has 1 atom stereocenters. The SMILES string of the molecule is COc1ccc2nc(N(/N=C/c3ccc([N+](=O)[O-])cc3)C(=O)c3ccc(S(=O)(=O)N4CCCCC4C)cc3)sc2c1. The minimum Gasteiger partial charge on any atom is -0.497 e. The van der Waals surface area contributed by atoms with Gasteiger partial charge in [0.15, 0.2) is 0 Å². The number of ether oxygens (including phenoxy) is 1. The molecule has 0 aliphatic carbocycles. The largest absolute Gasteiger partial charge is 0.497 e. The number of piperidine rings is 1. The minimum absolute atomic E-state index is 0.0656. The Morgan fingerprint density at radius 3 is 2.54 bits per heavy atom. The predicted molar refractivity (Wildman–Crippen MR) is 157 cm³/mol. The fraction of sp³-hybridized carbons (Fsp3) is 0.250. The van der Waals surface area contributed by atoms with E-state index in [0.29, 0.717) is 23.4 Å². The van der Waals surface area contributed by atoms with Gasteiger partial charge < -0.3 is 4.74 Å². The number of sulfonamides is 1. The first kappa shape index (κ1) is 28.3. The molecule has 0 radical (unpaired) electrons. The highest BCUT2D eigenvalue weighted by Crippen LogP contribution is 2.33. The lowest BCUT2D eigenvalue weighted by molar-refractivity contribution is -0.384. The van der Waals surface area contributed by atoms with Gasteiger partial charge in [0, 0.05) is 30.3 Å². The van der Waals surface area contributed by atoms with Crippen LogP contribution in [0.3, 0.4) is 0 Å². The molecule has 1 unspecified atom stereocenters. The molecule has 1 saturated heterocycles. The third-order valence-electron chi connectivity index (χ3n) is 6.83. The molecular weight excluding hydrogens is 566 g/mol. The average molecular weight is 594 g/mol. The maximum atomic E-state index is 13.7. The number of carbonyl (C=O) groups excluding carboxylic acids is 1. The smallest absolute Gasteiger partial charge is 0.280 e. The summed E-state index contributed by atoms with van der Waals surface area (Å²) in [6.45, 7) is 2.38. The topological polar surface area (TPSA) is 135 Å².